The lowest BCUT2D eigenvalue weighted by atomic mass is 10.1. The minimum absolute atomic E-state index is 0.147. The number of nitrogens with zero attached hydrogens (tertiary/aromatic N) is 1. The van der Waals surface area contributed by atoms with Gasteiger partial charge in [-0.05, 0) is 30.7 Å². The first-order valence-electron chi connectivity index (χ1n) is 7.83. The van der Waals surface area contributed by atoms with Gasteiger partial charge in [0, 0.05) is 12.1 Å². The fourth-order valence-electron chi connectivity index (χ4n) is 2.24. The molecule has 0 aliphatic carbocycles. The Morgan fingerprint density at radius 3 is 2.24 bits per heavy atom. The third kappa shape index (κ3) is 5.53. The van der Waals surface area contributed by atoms with Gasteiger partial charge in [0.05, 0.1) is 14.2 Å². The molecule has 2 aromatic rings. The average Bonchev–Trinajstić information content (AvgIpc) is 2.65. The number of ether oxygens (including phenoxy) is 3. The zero-order valence-corrected chi connectivity index (χ0v) is 14.6. The predicted molar refractivity (Wildman–Crippen MR) is 96.4 cm³/mol. The summed E-state index contributed by atoms with van der Waals surface area (Å²) < 4.78 is 15.9. The number of amides is 1. The largest absolute Gasteiger partial charge is 0.496 e. The van der Waals surface area contributed by atoms with Crippen LogP contribution in [0.15, 0.2) is 53.6 Å². The summed E-state index contributed by atoms with van der Waals surface area (Å²) in [6.45, 7) is 1.69. The van der Waals surface area contributed by atoms with E-state index in [1.54, 1.807) is 26.4 Å². The van der Waals surface area contributed by atoms with Crippen LogP contribution in [-0.2, 0) is 11.2 Å². The SMILES string of the molecule is COc1ccccc1C/C(C)=N\NC(=O)COc1ccccc1OC. The van der Waals surface area contributed by atoms with E-state index in [9.17, 15) is 4.79 Å². The number of hydrogen-bond donors (Lipinski definition) is 1. The van der Waals surface area contributed by atoms with Crippen molar-refractivity contribution in [2.24, 2.45) is 5.10 Å². The van der Waals surface area contributed by atoms with Crippen LogP contribution < -0.4 is 19.6 Å². The Morgan fingerprint density at radius 1 is 0.960 bits per heavy atom. The Balaban J connectivity index is 1.87. The smallest absolute Gasteiger partial charge is 0.277 e. The lowest BCUT2D eigenvalue weighted by molar-refractivity contribution is -0.123. The monoisotopic (exact) mass is 342 g/mol. The molecule has 0 fully saturated rings. The Hall–Kier alpha value is -3.02. The summed E-state index contributed by atoms with van der Waals surface area (Å²) in [5, 5.41) is 4.10. The van der Waals surface area contributed by atoms with Gasteiger partial charge < -0.3 is 14.2 Å². The van der Waals surface area contributed by atoms with Gasteiger partial charge in [0.1, 0.15) is 5.75 Å². The number of benzene rings is 2. The van der Waals surface area contributed by atoms with Crippen LogP contribution in [0.1, 0.15) is 12.5 Å². The van der Waals surface area contributed by atoms with Crippen LogP contribution in [0.25, 0.3) is 0 Å². The van der Waals surface area contributed by atoms with E-state index in [1.807, 2.05) is 43.3 Å². The lowest BCUT2D eigenvalue weighted by Gasteiger charge is -2.10. The zero-order chi connectivity index (χ0) is 18.1. The van der Waals surface area contributed by atoms with Crippen molar-refractivity contribution < 1.29 is 19.0 Å². The van der Waals surface area contributed by atoms with Crippen molar-refractivity contribution in [1.29, 1.82) is 0 Å². The molecule has 0 aliphatic heterocycles. The van der Waals surface area contributed by atoms with E-state index in [2.05, 4.69) is 10.5 Å². The Morgan fingerprint density at radius 2 is 1.56 bits per heavy atom. The van der Waals surface area contributed by atoms with Crippen molar-refractivity contribution in [3.05, 3.63) is 54.1 Å². The quantitative estimate of drug-likeness (QED) is 0.592. The van der Waals surface area contributed by atoms with Crippen LogP contribution in [0.2, 0.25) is 0 Å². The van der Waals surface area contributed by atoms with Gasteiger partial charge in [-0.3, -0.25) is 4.79 Å². The highest BCUT2D eigenvalue weighted by molar-refractivity contribution is 5.86. The van der Waals surface area contributed by atoms with Crippen molar-refractivity contribution in [2.75, 3.05) is 20.8 Å². The molecular weight excluding hydrogens is 320 g/mol. The van der Waals surface area contributed by atoms with Crippen molar-refractivity contribution in [2.45, 2.75) is 13.3 Å². The maximum atomic E-state index is 11.9. The van der Waals surface area contributed by atoms with Crippen LogP contribution in [-0.4, -0.2) is 32.4 Å². The molecule has 0 radical (unpaired) electrons. The van der Waals surface area contributed by atoms with Crippen molar-refractivity contribution in [1.82, 2.24) is 5.43 Å². The van der Waals surface area contributed by atoms with Crippen LogP contribution in [0.5, 0.6) is 17.2 Å². The molecule has 0 saturated heterocycles. The molecule has 0 spiro atoms. The summed E-state index contributed by atoms with van der Waals surface area (Å²) in [6.07, 6.45) is 0.581. The highest BCUT2D eigenvalue weighted by Gasteiger charge is 2.07. The Bertz CT molecular complexity index is 744. The molecule has 0 unspecified atom stereocenters. The van der Waals surface area contributed by atoms with Crippen LogP contribution in [0, 0.1) is 0 Å². The summed E-state index contributed by atoms with van der Waals surface area (Å²) in [4.78, 5) is 11.9. The first-order valence-corrected chi connectivity index (χ1v) is 7.83. The summed E-state index contributed by atoms with van der Waals surface area (Å²) in [5.41, 5.74) is 4.26. The number of hydrogen-bond acceptors (Lipinski definition) is 5. The normalized spacial score (nSPS) is 10.9. The number of para-hydroxylation sites is 3. The molecule has 0 atom stereocenters. The van der Waals surface area contributed by atoms with Gasteiger partial charge in [0.25, 0.3) is 5.91 Å². The Kier molecular flexibility index (Phi) is 6.83. The Labute approximate surface area is 147 Å². The average molecular weight is 342 g/mol. The van der Waals surface area contributed by atoms with Crippen LogP contribution in [0.4, 0.5) is 0 Å². The van der Waals surface area contributed by atoms with Crippen molar-refractivity contribution >= 4 is 11.6 Å². The third-order valence-electron chi connectivity index (χ3n) is 3.44. The van der Waals surface area contributed by atoms with Gasteiger partial charge >= 0.3 is 0 Å². The van der Waals surface area contributed by atoms with E-state index < -0.39 is 0 Å². The molecule has 0 aliphatic rings. The predicted octanol–water partition coefficient (Wildman–Crippen LogP) is 2.82. The second-order valence-corrected chi connectivity index (χ2v) is 5.31. The summed E-state index contributed by atoms with van der Waals surface area (Å²) in [6, 6.07) is 14.8. The summed E-state index contributed by atoms with van der Waals surface area (Å²) in [5.74, 6) is 1.54. The lowest BCUT2D eigenvalue weighted by Crippen LogP contribution is -2.25. The van der Waals surface area contributed by atoms with E-state index in [1.165, 1.54) is 0 Å². The van der Waals surface area contributed by atoms with Crippen LogP contribution >= 0.6 is 0 Å². The first kappa shape index (κ1) is 18.3. The maximum absolute atomic E-state index is 11.9. The number of nitrogens with one attached hydrogen (secondary N) is 1. The molecule has 1 N–H and O–H groups in total. The second kappa shape index (κ2) is 9.32. The minimum Gasteiger partial charge on any atom is -0.496 e. The van der Waals surface area contributed by atoms with Gasteiger partial charge in [-0.2, -0.15) is 5.10 Å². The molecule has 132 valence electrons. The zero-order valence-electron chi connectivity index (χ0n) is 14.6. The highest BCUT2D eigenvalue weighted by atomic mass is 16.5. The maximum Gasteiger partial charge on any atom is 0.277 e. The fourth-order valence-corrected chi connectivity index (χ4v) is 2.24. The summed E-state index contributed by atoms with van der Waals surface area (Å²) >= 11 is 0. The van der Waals surface area contributed by atoms with Crippen molar-refractivity contribution in [3.8, 4) is 17.2 Å². The highest BCUT2D eigenvalue weighted by Crippen LogP contribution is 2.25. The van der Waals surface area contributed by atoms with E-state index in [4.69, 9.17) is 14.2 Å². The standard InChI is InChI=1S/C19H22N2O4/c1-14(12-15-8-4-5-9-16(15)23-2)20-21-19(22)13-25-18-11-7-6-10-17(18)24-3/h4-11H,12-13H2,1-3H3,(H,21,22)/b20-14-. The molecule has 6 nitrogen and oxygen atoms in total. The van der Waals surface area contributed by atoms with Gasteiger partial charge in [-0.1, -0.05) is 30.3 Å². The van der Waals surface area contributed by atoms with Crippen LogP contribution in [0.3, 0.4) is 0 Å². The second-order valence-electron chi connectivity index (χ2n) is 5.31. The number of carbonyl (C=O) groups is 1. The molecule has 6 heteroatoms. The van der Waals surface area contributed by atoms with Crippen molar-refractivity contribution in [3.63, 3.8) is 0 Å². The third-order valence-corrected chi connectivity index (χ3v) is 3.44. The molecule has 0 bridgehead atoms. The fraction of sp³-hybridized carbons (Fsp3) is 0.263. The van der Waals surface area contributed by atoms with E-state index in [-0.39, 0.29) is 12.5 Å². The molecule has 0 heterocycles. The summed E-state index contributed by atoms with van der Waals surface area (Å²) in [7, 11) is 3.18. The minimum atomic E-state index is -0.342. The number of hydrazone groups is 1. The van der Waals surface area contributed by atoms with Gasteiger partial charge in [-0.25, -0.2) is 5.43 Å². The van der Waals surface area contributed by atoms with Gasteiger partial charge in [0.15, 0.2) is 18.1 Å². The molecule has 2 aromatic carbocycles. The molecule has 2 rings (SSSR count). The molecule has 25 heavy (non-hydrogen) atoms. The molecule has 1 amide bonds. The van der Waals surface area contributed by atoms with E-state index in [0.29, 0.717) is 17.9 Å². The molecular formula is C19H22N2O4. The number of rotatable bonds is 8. The van der Waals surface area contributed by atoms with Gasteiger partial charge in [0.2, 0.25) is 0 Å². The van der Waals surface area contributed by atoms with Gasteiger partial charge in [-0.15, -0.1) is 0 Å². The van der Waals surface area contributed by atoms with E-state index in [0.717, 1.165) is 17.0 Å². The number of methoxy groups -OCH3 is 2. The first-order chi connectivity index (χ1) is 12.1. The van der Waals surface area contributed by atoms with E-state index >= 15 is 0 Å². The number of carbonyl (C=O) groups excluding carboxylic acids is 1. The molecule has 0 saturated carbocycles. The molecule has 0 aromatic heterocycles. The topological polar surface area (TPSA) is 69.2 Å².